The van der Waals surface area contributed by atoms with Crippen molar-refractivity contribution in [2.24, 2.45) is 5.92 Å². The van der Waals surface area contributed by atoms with E-state index < -0.39 is 5.60 Å². The van der Waals surface area contributed by atoms with Crippen LogP contribution < -0.4 is 5.32 Å². The SMILES string of the molecule is CCCCOCC(C)(O)[C@@H]1CCNC1. The average molecular weight is 201 g/mol. The predicted molar refractivity (Wildman–Crippen MR) is 57.3 cm³/mol. The lowest BCUT2D eigenvalue weighted by molar-refractivity contribution is -0.0674. The Morgan fingerprint density at radius 3 is 2.93 bits per heavy atom. The van der Waals surface area contributed by atoms with Crippen molar-refractivity contribution in [3.05, 3.63) is 0 Å². The first-order valence-electron chi connectivity index (χ1n) is 5.67. The number of unbranched alkanes of at least 4 members (excludes halogenated alkanes) is 1. The molecule has 1 unspecified atom stereocenters. The summed E-state index contributed by atoms with van der Waals surface area (Å²) in [5.74, 6) is 0.351. The Balaban J connectivity index is 2.19. The van der Waals surface area contributed by atoms with Gasteiger partial charge in [-0.15, -0.1) is 0 Å². The highest BCUT2D eigenvalue weighted by Crippen LogP contribution is 2.23. The first-order valence-corrected chi connectivity index (χ1v) is 5.67. The average Bonchev–Trinajstić information content (AvgIpc) is 2.65. The molecule has 0 aromatic rings. The largest absolute Gasteiger partial charge is 0.387 e. The van der Waals surface area contributed by atoms with E-state index in [1.165, 1.54) is 0 Å². The van der Waals surface area contributed by atoms with E-state index in [0.29, 0.717) is 12.5 Å². The van der Waals surface area contributed by atoms with Crippen LogP contribution in [0.25, 0.3) is 0 Å². The van der Waals surface area contributed by atoms with E-state index in [1.807, 2.05) is 6.92 Å². The maximum Gasteiger partial charge on any atom is 0.0892 e. The molecule has 0 aromatic carbocycles. The third-order valence-corrected chi connectivity index (χ3v) is 2.98. The molecule has 2 N–H and O–H groups in total. The van der Waals surface area contributed by atoms with Gasteiger partial charge in [0, 0.05) is 19.1 Å². The minimum Gasteiger partial charge on any atom is -0.387 e. The van der Waals surface area contributed by atoms with Crippen LogP contribution >= 0.6 is 0 Å². The second-order valence-electron chi connectivity index (χ2n) is 4.45. The molecule has 0 bridgehead atoms. The van der Waals surface area contributed by atoms with Crippen LogP contribution in [0.1, 0.15) is 33.1 Å². The highest BCUT2D eigenvalue weighted by Gasteiger charge is 2.33. The van der Waals surface area contributed by atoms with Gasteiger partial charge in [-0.1, -0.05) is 13.3 Å². The Morgan fingerprint density at radius 1 is 1.57 bits per heavy atom. The zero-order valence-corrected chi connectivity index (χ0v) is 9.38. The van der Waals surface area contributed by atoms with E-state index in [9.17, 15) is 5.11 Å². The molecule has 14 heavy (non-hydrogen) atoms. The highest BCUT2D eigenvalue weighted by molar-refractivity contribution is 4.87. The number of rotatable bonds is 6. The fraction of sp³-hybridized carbons (Fsp3) is 1.00. The fourth-order valence-corrected chi connectivity index (χ4v) is 1.83. The van der Waals surface area contributed by atoms with Crippen molar-refractivity contribution < 1.29 is 9.84 Å². The molecule has 0 amide bonds. The Morgan fingerprint density at radius 2 is 2.36 bits per heavy atom. The maximum absolute atomic E-state index is 10.1. The molecule has 1 aliphatic rings. The van der Waals surface area contributed by atoms with Crippen molar-refractivity contribution in [3.8, 4) is 0 Å². The molecule has 1 rings (SSSR count). The van der Waals surface area contributed by atoms with Crippen molar-refractivity contribution in [3.63, 3.8) is 0 Å². The topological polar surface area (TPSA) is 41.5 Å². The standard InChI is InChI=1S/C11H23NO2/c1-3-4-7-14-9-11(2,13)10-5-6-12-8-10/h10,12-13H,3-9H2,1-2H3/t10-,11?/m1/s1. The number of hydrogen-bond donors (Lipinski definition) is 2. The molecule has 0 aliphatic carbocycles. The van der Waals surface area contributed by atoms with E-state index in [1.54, 1.807) is 0 Å². The van der Waals surface area contributed by atoms with E-state index in [4.69, 9.17) is 4.74 Å². The summed E-state index contributed by atoms with van der Waals surface area (Å²) in [4.78, 5) is 0. The molecule has 2 atom stereocenters. The molecule has 1 aliphatic heterocycles. The van der Waals surface area contributed by atoms with Crippen LogP contribution in [-0.4, -0.2) is 37.0 Å². The molecule has 1 saturated heterocycles. The van der Waals surface area contributed by atoms with Gasteiger partial charge in [0.1, 0.15) is 0 Å². The normalized spacial score (nSPS) is 26.4. The van der Waals surface area contributed by atoms with Gasteiger partial charge in [-0.2, -0.15) is 0 Å². The van der Waals surface area contributed by atoms with Gasteiger partial charge in [0.05, 0.1) is 12.2 Å². The van der Waals surface area contributed by atoms with Gasteiger partial charge in [-0.05, 0) is 26.3 Å². The number of ether oxygens (including phenoxy) is 1. The molecule has 1 fully saturated rings. The van der Waals surface area contributed by atoms with E-state index in [-0.39, 0.29) is 0 Å². The van der Waals surface area contributed by atoms with E-state index in [2.05, 4.69) is 12.2 Å². The van der Waals surface area contributed by atoms with Gasteiger partial charge < -0.3 is 15.2 Å². The van der Waals surface area contributed by atoms with Crippen molar-refractivity contribution in [2.45, 2.75) is 38.7 Å². The van der Waals surface area contributed by atoms with Crippen LogP contribution in [-0.2, 0) is 4.74 Å². The maximum atomic E-state index is 10.1. The molecule has 3 heteroatoms. The Labute approximate surface area is 86.8 Å². The number of nitrogens with one attached hydrogen (secondary N) is 1. The number of hydrogen-bond acceptors (Lipinski definition) is 3. The van der Waals surface area contributed by atoms with Crippen LogP contribution in [0.5, 0.6) is 0 Å². The van der Waals surface area contributed by atoms with E-state index >= 15 is 0 Å². The van der Waals surface area contributed by atoms with Crippen molar-refractivity contribution >= 4 is 0 Å². The molecular weight excluding hydrogens is 178 g/mol. The summed E-state index contributed by atoms with van der Waals surface area (Å²) >= 11 is 0. The molecule has 0 saturated carbocycles. The van der Waals surface area contributed by atoms with Crippen LogP contribution in [0.3, 0.4) is 0 Å². The van der Waals surface area contributed by atoms with Crippen LogP contribution in [0.4, 0.5) is 0 Å². The minimum absolute atomic E-state index is 0.351. The molecule has 0 radical (unpaired) electrons. The second kappa shape index (κ2) is 5.69. The van der Waals surface area contributed by atoms with Crippen molar-refractivity contribution in [1.82, 2.24) is 5.32 Å². The lowest BCUT2D eigenvalue weighted by atomic mass is 9.89. The van der Waals surface area contributed by atoms with Gasteiger partial charge >= 0.3 is 0 Å². The van der Waals surface area contributed by atoms with Gasteiger partial charge in [0.15, 0.2) is 0 Å². The second-order valence-corrected chi connectivity index (χ2v) is 4.45. The van der Waals surface area contributed by atoms with Crippen molar-refractivity contribution in [1.29, 1.82) is 0 Å². The van der Waals surface area contributed by atoms with Gasteiger partial charge in [-0.3, -0.25) is 0 Å². The van der Waals surface area contributed by atoms with Crippen LogP contribution in [0.15, 0.2) is 0 Å². The fourth-order valence-electron chi connectivity index (χ4n) is 1.83. The third kappa shape index (κ3) is 3.56. The predicted octanol–water partition coefficient (Wildman–Crippen LogP) is 1.16. The summed E-state index contributed by atoms with van der Waals surface area (Å²) < 4.78 is 5.47. The quantitative estimate of drug-likeness (QED) is 0.634. The number of aliphatic hydroxyl groups is 1. The molecule has 0 aromatic heterocycles. The summed E-state index contributed by atoms with van der Waals surface area (Å²) in [5.41, 5.74) is -0.656. The summed E-state index contributed by atoms with van der Waals surface area (Å²) in [5, 5.41) is 13.4. The molecule has 1 heterocycles. The molecular formula is C11H23NO2. The monoisotopic (exact) mass is 201 g/mol. The lowest BCUT2D eigenvalue weighted by Gasteiger charge is -2.29. The highest BCUT2D eigenvalue weighted by atomic mass is 16.5. The third-order valence-electron chi connectivity index (χ3n) is 2.98. The van der Waals surface area contributed by atoms with E-state index in [0.717, 1.165) is 39.0 Å². The van der Waals surface area contributed by atoms with Gasteiger partial charge in [0.25, 0.3) is 0 Å². The molecule has 0 spiro atoms. The van der Waals surface area contributed by atoms with Gasteiger partial charge in [0.2, 0.25) is 0 Å². The van der Waals surface area contributed by atoms with Gasteiger partial charge in [-0.25, -0.2) is 0 Å². The summed E-state index contributed by atoms with van der Waals surface area (Å²) in [6.45, 7) is 7.21. The smallest absolute Gasteiger partial charge is 0.0892 e. The summed E-state index contributed by atoms with van der Waals surface area (Å²) in [6, 6.07) is 0. The summed E-state index contributed by atoms with van der Waals surface area (Å²) in [6.07, 6.45) is 3.29. The van der Waals surface area contributed by atoms with Crippen molar-refractivity contribution in [2.75, 3.05) is 26.3 Å². The zero-order chi connectivity index (χ0) is 10.4. The minimum atomic E-state index is -0.656. The molecule has 84 valence electrons. The Bertz CT molecular complexity index is 153. The zero-order valence-electron chi connectivity index (χ0n) is 9.38. The molecule has 3 nitrogen and oxygen atoms in total. The van der Waals surface area contributed by atoms with Crippen LogP contribution in [0.2, 0.25) is 0 Å². The lowest BCUT2D eigenvalue weighted by Crippen LogP contribution is -2.40. The first kappa shape index (κ1) is 12.0. The Hall–Kier alpha value is -0.120. The summed E-state index contributed by atoms with van der Waals surface area (Å²) in [7, 11) is 0. The first-order chi connectivity index (χ1) is 6.67. The Kier molecular flexibility index (Phi) is 4.85. The van der Waals surface area contributed by atoms with Crippen LogP contribution in [0, 0.1) is 5.92 Å².